The zero-order valence-electron chi connectivity index (χ0n) is 17.6. The number of thioether (sulfide) groups is 1. The van der Waals surface area contributed by atoms with E-state index in [0.717, 1.165) is 28.7 Å². The molecule has 0 fully saturated rings. The second kappa shape index (κ2) is 9.44. The maximum absolute atomic E-state index is 13.7. The molecule has 0 saturated heterocycles. The molecule has 0 saturated carbocycles. The van der Waals surface area contributed by atoms with Gasteiger partial charge in [0.05, 0.1) is 41.4 Å². The molecule has 4 aromatic rings. The van der Waals surface area contributed by atoms with Crippen LogP contribution in [-0.2, 0) is 11.0 Å². The topological polar surface area (TPSA) is 104 Å². The number of aromatic nitrogens is 3. The molecule has 2 heterocycles. The molecule has 0 radical (unpaired) electrons. The normalized spacial score (nSPS) is 11.3. The number of hydrogen-bond donors (Lipinski definition) is 2. The molecule has 0 bridgehead atoms. The predicted octanol–water partition coefficient (Wildman–Crippen LogP) is 5.25. The van der Waals surface area contributed by atoms with Crippen LogP contribution in [-0.4, -0.2) is 34.0 Å². The van der Waals surface area contributed by atoms with E-state index in [0.29, 0.717) is 17.0 Å². The van der Waals surface area contributed by atoms with Gasteiger partial charge in [-0.25, -0.2) is 4.98 Å². The first-order chi connectivity index (χ1) is 16.3. The Kier molecular flexibility index (Phi) is 6.43. The molecule has 0 aliphatic carbocycles. The lowest BCUT2D eigenvalue weighted by Crippen LogP contribution is -2.15. The van der Waals surface area contributed by atoms with Gasteiger partial charge in [0, 0.05) is 16.6 Å². The molecule has 4 rings (SSSR count). The molecule has 11 heteroatoms. The van der Waals surface area contributed by atoms with E-state index < -0.39 is 23.2 Å². The quantitative estimate of drug-likeness (QED) is 0.363. The summed E-state index contributed by atoms with van der Waals surface area (Å²) in [6, 6.07) is 13.9. The summed E-state index contributed by atoms with van der Waals surface area (Å²) in [7, 11) is 1.48. The molecular weight excluding hydrogens is 467 g/mol. The van der Waals surface area contributed by atoms with E-state index in [-0.39, 0.29) is 16.5 Å². The van der Waals surface area contributed by atoms with Gasteiger partial charge < -0.3 is 10.1 Å². The number of amides is 1. The Labute approximate surface area is 196 Å². The minimum absolute atomic E-state index is 0.0292. The fourth-order valence-electron chi connectivity index (χ4n) is 3.21. The van der Waals surface area contributed by atoms with Gasteiger partial charge >= 0.3 is 6.18 Å². The van der Waals surface area contributed by atoms with Crippen molar-refractivity contribution < 1.29 is 22.7 Å². The molecule has 0 spiro atoms. The molecule has 0 aliphatic heterocycles. The minimum atomic E-state index is -4.77. The number of ether oxygens (including phenoxy) is 1. The number of aromatic amines is 1. The monoisotopic (exact) mass is 483 g/mol. The van der Waals surface area contributed by atoms with Gasteiger partial charge in [0.15, 0.2) is 0 Å². The lowest BCUT2D eigenvalue weighted by atomic mass is 10.1. The van der Waals surface area contributed by atoms with E-state index >= 15 is 0 Å². The van der Waals surface area contributed by atoms with E-state index in [1.165, 1.54) is 7.11 Å². The van der Waals surface area contributed by atoms with Gasteiger partial charge in [-0.1, -0.05) is 11.8 Å². The van der Waals surface area contributed by atoms with Crippen molar-refractivity contribution in [2.45, 2.75) is 11.2 Å². The summed E-state index contributed by atoms with van der Waals surface area (Å²) in [5.41, 5.74) is -0.0684. The minimum Gasteiger partial charge on any atom is -0.497 e. The highest BCUT2D eigenvalue weighted by Crippen LogP contribution is 2.38. The van der Waals surface area contributed by atoms with Crippen molar-refractivity contribution in [3.05, 3.63) is 65.9 Å². The molecule has 172 valence electrons. The van der Waals surface area contributed by atoms with Gasteiger partial charge in [0.1, 0.15) is 16.8 Å². The third kappa shape index (κ3) is 4.97. The van der Waals surface area contributed by atoms with E-state index in [9.17, 15) is 23.2 Å². The third-order valence-corrected chi connectivity index (χ3v) is 5.83. The summed E-state index contributed by atoms with van der Waals surface area (Å²) in [5.74, 6) is -0.169. The van der Waals surface area contributed by atoms with Crippen molar-refractivity contribution in [1.29, 1.82) is 5.26 Å². The Morgan fingerprint density at radius 1 is 1.21 bits per heavy atom. The molecule has 2 aromatic carbocycles. The Hall–Kier alpha value is -4.04. The summed E-state index contributed by atoms with van der Waals surface area (Å²) in [4.78, 5) is 16.7. The van der Waals surface area contributed by atoms with Crippen molar-refractivity contribution in [2.24, 2.45) is 0 Å². The molecule has 7 nitrogen and oxygen atoms in total. The fourth-order valence-corrected chi connectivity index (χ4v) is 4.02. The molecule has 1 amide bonds. The third-order valence-electron chi connectivity index (χ3n) is 4.85. The predicted molar refractivity (Wildman–Crippen MR) is 121 cm³/mol. The number of benzene rings is 2. The maximum atomic E-state index is 13.7. The van der Waals surface area contributed by atoms with Crippen molar-refractivity contribution in [3.8, 4) is 23.1 Å². The first-order valence-electron chi connectivity index (χ1n) is 9.81. The van der Waals surface area contributed by atoms with Crippen LogP contribution in [0.5, 0.6) is 5.75 Å². The number of nitrogens with zero attached hydrogens (tertiary/aromatic N) is 3. The molecule has 34 heavy (non-hydrogen) atoms. The number of nitrogens with one attached hydrogen (secondary N) is 2. The lowest BCUT2D eigenvalue weighted by molar-refractivity contribution is -0.138. The number of hydrogen-bond acceptors (Lipinski definition) is 6. The van der Waals surface area contributed by atoms with Crippen LogP contribution >= 0.6 is 11.8 Å². The van der Waals surface area contributed by atoms with Gasteiger partial charge in [-0.05, 0) is 48.5 Å². The average Bonchev–Trinajstić information content (AvgIpc) is 3.29. The van der Waals surface area contributed by atoms with Crippen molar-refractivity contribution in [3.63, 3.8) is 0 Å². The lowest BCUT2D eigenvalue weighted by Gasteiger charge is -2.14. The first kappa shape index (κ1) is 23.1. The summed E-state index contributed by atoms with van der Waals surface area (Å²) in [6.45, 7) is 0. The van der Waals surface area contributed by atoms with Crippen molar-refractivity contribution in [2.75, 3.05) is 18.2 Å². The number of fused-ring (bicyclic) bond motifs is 1. The Balaban J connectivity index is 1.61. The number of rotatable bonds is 6. The standard InChI is InChI=1S/C23H16F3N5O2S/c1-33-16-6-3-13(4-7-16)19-9-18(23(24,25)26)17(10-27)22(30-19)34-12-21(32)29-15-5-2-14-11-28-31-20(14)8-15/h2-9,11H,12H2,1H3,(H,28,31)(H,29,32). The largest absolute Gasteiger partial charge is 0.497 e. The second-order valence-electron chi connectivity index (χ2n) is 7.08. The van der Waals surface area contributed by atoms with Crippen LogP contribution in [0.15, 0.2) is 59.8 Å². The van der Waals surface area contributed by atoms with E-state index in [1.54, 1.807) is 54.7 Å². The Bertz CT molecular complexity index is 1390. The van der Waals surface area contributed by atoms with Gasteiger partial charge in [-0.3, -0.25) is 9.89 Å². The summed E-state index contributed by atoms with van der Waals surface area (Å²) in [6.07, 6.45) is -3.13. The Morgan fingerprint density at radius 2 is 1.97 bits per heavy atom. The number of anilines is 1. The van der Waals surface area contributed by atoms with Crippen LogP contribution in [0.2, 0.25) is 0 Å². The molecule has 0 atom stereocenters. The van der Waals surface area contributed by atoms with E-state index in [2.05, 4.69) is 20.5 Å². The molecule has 0 aliphatic rings. The van der Waals surface area contributed by atoms with Crippen LogP contribution in [0.1, 0.15) is 11.1 Å². The number of methoxy groups -OCH3 is 1. The smallest absolute Gasteiger partial charge is 0.417 e. The van der Waals surface area contributed by atoms with Crippen LogP contribution in [0.25, 0.3) is 22.2 Å². The maximum Gasteiger partial charge on any atom is 0.417 e. The molecule has 2 N–H and O–H groups in total. The summed E-state index contributed by atoms with van der Waals surface area (Å²) in [5, 5.41) is 19.5. The molecule has 2 aromatic heterocycles. The van der Waals surface area contributed by atoms with Crippen LogP contribution in [0, 0.1) is 11.3 Å². The Morgan fingerprint density at radius 3 is 2.65 bits per heavy atom. The highest BCUT2D eigenvalue weighted by Gasteiger charge is 2.36. The summed E-state index contributed by atoms with van der Waals surface area (Å²) >= 11 is 0.761. The SMILES string of the molecule is COc1ccc(-c2cc(C(F)(F)F)c(C#N)c(SCC(=O)Nc3ccc4cn[nH]c4c3)n2)cc1. The average molecular weight is 483 g/mol. The second-order valence-corrected chi connectivity index (χ2v) is 8.05. The van der Waals surface area contributed by atoms with Gasteiger partial charge in [0.25, 0.3) is 0 Å². The van der Waals surface area contributed by atoms with Gasteiger partial charge in [-0.15, -0.1) is 0 Å². The van der Waals surface area contributed by atoms with Gasteiger partial charge in [-0.2, -0.15) is 23.5 Å². The highest BCUT2D eigenvalue weighted by atomic mass is 32.2. The van der Waals surface area contributed by atoms with E-state index in [1.807, 2.05) is 0 Å². The number of carbonyl (C=O) groups is 1. The molecular formula is C23H16F3N5O2S. The van der Waals surface area contributed by atoms with Crippen molar-refractivity contribution in [1.82, 2.24) is 15.2 Å². The number of alkyl halides is 3. The number of halogens is 3. The zero-order valence-corrected chi connectivity index (χ0v) is 18.4. The number of carbonyl (C=O) groups excluding carboxylic acids is 1. The number of nitriles is 1. The highest BCUT2D eigenvalue weighted by molar-refractivity contribution is 8.00. The van der Waals surface area contributed by atoms with Crippen molar-refractivity contribution >= 4 is 34.3 Å². The van der Waals surface area contributed by atoms with Crippen LogP contribution < -0.4 is 10.1 Å². The fraction of sp³-hybridized carbons (Fsp3) is 0.130. The van der Waals surface area contributed by atoms with Crippen LogP contribution in [0.4, 0.5) is 18.9 Å². The number of H-pyrrole nitrogens is 1. The van der Waals surface area contributed by atoms with E-state index in [4.69, 9.17) is 4.74 Å². The molecule has 0 unspecified atom stereocenters. The first-order valence-corrected chi connectivity index (χ1v) is 10.8. The summed E-state index contributed by atoms with van der Waals surface area (Å²) < 4.78 is 46.2. The number of pyridine rings is 1. The zero-order chi connectivity index (χ0) is 24.3. The van der Waals surface area contributed by atoms with Gasteiger partial charge in [0.2, 0.25) is 5.91 Å². The van der Waals surface area contributed by atoms with Crippen LogP contribution in [0.3, 0.4) is 0 Å².